The van der Waals surface area contributed by atoms with E-state index < -0.39 is 23.5 Å². The van der Waals surface area contributed by atoms with E-state index in [4.69, 9.17) is 4.74 Å². The molecule has 0 bridgehead atoms. The van der Waals surface area contributed by atoms with Crippen LogP contribution in [0, 0.1) is 5.82 Å². The highest BCUT2D eigenvalue weighted by Crippen LogP contribution is 2.35. The number of amides is 1. The zero-order valence-electron chi connectivity index (χ0n) is 14.0. The van der Waals surface area contributed by atoms with E-state index in [0.29, 0.717) is 0 Å². The van der Waals surface area contributed by atoms with Gasteiger partial charge in [-0.2, -0.15) is 13.2 Å². The van der Waals surface area contributed by atoms with Crippen molar-refractivity contribution in [2.75, 3.05) is 7.11 Å². The summed E-state index contributed by atoms with van der Waals surface area (Å²) >= 11 is 0. The van der Waals surface area contributed by atoms with Crippen LogP contribution in [0.3, 0.4) is 0 Å². The second kappa shape index (κ2) is 6.97. The van der Waals surface area contributed by atoms with Gasteiger partial charge in [-0.15, -0.1) is 0 Å². The third-order valence-corrected chi connectivity index (χ3v) is 4.31. The summed E-state index contributed by atoms with van der Waals surface area (Å²) in [6.45, 7) is -0.174. The summed E-state index contributed by atoms with van der Waals surface area (Å²) in [6.07, 6.45) is -3.06. The number of methoxy groups -OCH3 is 1. The third kappa shape index (κ3) is 3.81. The van der Waals surface area contributed by atoms with Crippen LogP contribution in [0.4, 0.5) is 17.6 Å². The van der Waals surface area contributed by atoms with E-state index in [0.717, 1.165) is 25.0 Å². The molecule has 0 saturated heterocycles. The van der Waals surface area contributed by atoms with Crippen LogP contribution in [-0.2, 0) is 12.7 Å². The third-order valence-electron chi connectivity index (χ3n) is 4.31. The number of halogens is 4. The summed E-state index contributed by atoms with van der Waals surface area (Å²) in [7, 11) is 1.31. The maximum atomic E-state index is 13.9. The average Bonchev–Trinajstić information content (AvgIpc) is 3.43. The maximum Gasteiger partial charge on any atom is 0.416 e. The van der Waals surface area contributed by atoms with Gasteiger partial charge in [-0.05, 0) is 42.7 Å². The zero-order chi connectivity index (χ0) is 18.9. The highest BCUT2D eigenvalue weighted by atomic mass is 19.4. The van der Waals surface area contributed by atoms with Crippen LogP contribution >= 0.6 is 0 Å². The summed E-state index contributed by atoms with van der Waals surface area (Å²) in [5.41, 5.74) is -0.659. The van der Waals surface area contributed by atoms with Crippen molar-refractivity contribution in [3.8, 4) is 5.75 Å². The predicted octanol–water partition coefficient (Wildman–Crippen LogP) is 4.66. The van der Waals surface area contributed by atoms with E-state index in [9.17, 15) is 22.4 Å². The lowest BCUT2D eigenvalue weighted by Gasteiger charge is -2.24. The van der Waals surface area contributed by atoms with Crippen molar-refractivity contribution in [3.63, 3.8) is 0 Å². The predicted molar refractivity (Wildman–Crippen MR) is 87.3 cm³/mol. The van der Waals surface area contributed by atoms with Crippen molar-refractivity contribution < 1.29 is 27.1 Å². The Hall–Kier alpha value is -2.57. The second-order valence-electron chi connectivity index (χ2n) is 6.17. The van der Waals surface area contributed by atoms with Gasteiger partial charge in [0.05, 0.1) is 12.7 Å². The van der Waals surface area contributed by atoms with Gasteiger partial charge >= 0.3 is 6.18 Å². The molecule has 0 aromatic heterocycles. The normalized spacial score (nSPS) is 14.2. The van der Waals surface area contributed by atoms with Crippen molar-refractivity contribution >= 4 is 5.91 Å². The number of ether oxygens (including phenoxy) is 1. The summed E-state index contributed by atoms with van der Waals surface area (Å²) in [6, 6.07) is 8.84. The van der Waals surface area contributed by atoms with Crippen LogP contribution in [0.25, 0.3) is 0 Å². The zero-order valence-corrected chi connectivity index (χ0v) is 14.0. The Morgan fingerprint density at radius 3 is 2.46 bits per heavy atom. The van der Waals surface area contributed by atoms with Crippen LogP contribution in [0.15, 0.2) is 42.5 Å². The van der Waals surface area contributed by atoms with E-state index in [1.807, 2.05) is 0 Å². The summed E-state index contributed by atoms with van der Waals surface area (Å²) in [5.74, 6) is -1.18. The molecule has 2 aromatic carbocycles. The van der Waals surface area contributed by atoms with Gasteiger partial charge in [-0.1, -0.05) is 18.2 Å². The summed E-state index contributed by atoms with van der Waals surface area (Å²) < 4.78 is 58.3. The first-order valence-corrected chi connectivity index (χ1v) is 8.11. The van der Waals surface area contributed by atoms with Gasteiger partial charge in [0, 0.05) is 18.2 Å². The van der Waals surface area contributed by atoms with E-state index in [1.165, 1.54) is 42.3 Å². The van der Waals surface area contributed by atoms with Crippen LogP contribution in [0.2, 0.25) is 0 Å². The smallest absolute Gasteiger partial charge is 0.416 e. The van der Waals surface area contributed by atoms with E-state index in [-0.39, 0.29) is 29.5 Å². The van der Waals surface area contributed by atoms with Gasteiger partial charge in [-0.25, -0.2) is 4.39 Å². The molecule has 3 nitrogen and oxygen atoms in total. The molecule has 0 unspecified atom stereocenters. The molecule has 3 rings (SSSR count). The Morgan fingerprint density at radius 2 is 1.88 bits per heavy atom. The van der Waals surface area contributed by atoms with Crippen LogP contribution in [-0.4, -0.2) is 24.0 Å². The molecule has 26 heavy (non-hydrogen) atoms. The summed E-state index contributed by atoms with van der Waals surface area (Å²) in [4.78, 5) is 14.2. The molecule has 1 aliphatic carbocycles. The number of alkyl halides is 3. The van der Waals surface area contributed by atoms with E-state index >= 15 is 0 Å². The van der Waals surface area contributed by atoms with Crippen LogP contribution in [0.1, 0.15) is 34.3 Å². The average molecular weight is 367 g/mol. The lowest BCUT2D eigenvalue weighted by Crippen LogP contribution is -2.33. The molecule has 0 N–H and O–H groups in total. The van der Waals surface area contributed by atoms with Gasteiger partial charge in [0.25, 0.3) is 5.91 Å². The largest absolute Gasteiger partial charge is 0.494 e. The number of nitrogens with zero attached hydrogens (tertiary/aromatic N) is 1. The molecule has 138 valence electrons. The minimum Gasteiger partial charge on any atom is -0.494 e. The van der Waals surface area contributed by atoms with Crippen molar-refractivity contribution in [1.29, 1.82) is 0 Å². The fourth-order valence-corrected chi connectivity index (χ4v) is 2.84. The standard InChI is InChI=1S/C19H17F4NO2/c1-26-17-9-6-12(10-16(17)20)18(25)24(14-7-8-14)11-13-4-2-3-5-15(13)19(21,22)23/h2-6,9-10,14H,7-8,11H2,1H3. The highest BCUT2D eigenvalue weighted by molar-refractivity contribution is 5.94. The number of benzene rings is 2. The molecule has 0 spiro atoms. The number of hydrogen-bond donors (Lipinski definition) is 0. The maximum absolute atomic E-state index is 13.9. The minimum atomic E-state index is -4.50. The van der Waals surface area contributed by atoms with E-state index in [2.05, 4.69) is 0 Å². The van der Waals surface area contributed by atoms with Crippen molar-refractivity contribution in [1.82, 2.24) is 4.90 Å². The van der Waals surface area contributed by atoms with E-state index in [1.54, 1.807) is 0 Å². The number of hydrogen-bond acceptors (Lipinski definition) is 2. The van der Waals surface area contributed by atoms with Gasteiger partial charge in [-0.3, -0.25) is 4.79 Å². The minimum absolute atomic E-state index is 0.00180. The molecule has 0 radical (unpaired) electrons. The Labute approximate surface area is 148 Å². The Kier molecular flexibility index (Phi) is 4.89. The Bertz CT molecular complexity index is 815. The van der Waals surface area contributed by atoms with Crippen LogP contribution in [0.5, 0.6) is 5.75 Å². The van der Waals surface area contributed by atoms with Gasteiger partial charge in [0.1, 0.15) is 0 Å². The number of carbonyl (C=O) groups is 1. The first kappa shape index (κ1) is 18.2. The number of rotatable bonds is 5. The van der Waals surface area contributed by atoms with Crippen LogP contribution < -0.4 is 4.74 Å². The molecule has 1 aliphatic rings. The molecular weight excluding hydrogens is 350 g/mol. The molecule has 0 atom stereocenters. The van der Waals surface area contributed by atoms with Gasteiger partial charge in [0.2, 0.25) is 0 Å². The molecule has 1 amide bonds. The molecule has 0 heterocycles. The quantitative estimate of drug-likeness (QED) is 0.720. The first-order valence-electron chi connectivity index (χ1n) is 8.11. The molecular formula is C19H17F4NO2. The fraction of sp³-hybridized carbons (Fsp3) is 0.316. The lowest BCUT2D eigenvalue weighted by atomic mass is 10.1. The first-order chi connectivity index (χ1) is 12.3. The lowest BCUT2D eigenvalue weighted by molar-refractivity contribution is -0.138. The topological polar surface area (TPSA) is 29.5 Å². The van der Waals surface area contributed by atoms with Gasteiger partial charge < -0.3 is 9.64 Å². The molecule has 7 heteroatoms. The van der Waals surface area contributed by atoms with Crippen molar-refractivity contribution in [2.24, 2.45) is 0 Å². The SMILES string of the molecule is COc1ccc(C(=O)N(Cc2ccccc2C(F)(F)F)C2CC2)cc1F. The Morgan fingerprint density at radius 1 is 1.19 bits per heavy atom. The highest BCUT2D eigenvalue weighted by Gasteiger charge is 2.37. The molecule has 2 aromatic rings. The number of carbonyl (C=O) groups excluding carboxylic acids is 1. The summed E-state index contributed by atoms with van der Waals surface area (Å²) in [5, 5.41) is 0. The van der Waals surface area contributed by atoms with Crippen molar-refractivity contribution in [2.45, 2.75) is 31.6 Å². The monoisotopic (exact) mass is 367 g/mol. The molecule has 1 fully saturated rings. The Balaban J connectivity index is 1.89. The van der Waals surface area contributed by atoms with Crippen molar-refractivity contribution in [3.05, 3.63) is 65.0 Å². The fourth-order valence-electron chi connectivity index (χ4n) is 2.84. The second-order valence-corrected chi connectivity index (χ2v) is 6.17. The molecule has 0 aliphatic heterocycles. The molecule has 1 saturated carbocycles. The van der Waals surface area contributed by atoms with Gasteiger partial charge in [0.15, 0.2) is 11.6 Å².